The summed E-state index contributed by atoms with van der Waals surface area (Å²) in [7, 11) is 0.372. The van der Waals surface area contributed by atoms with Gasteiger partial charge in [-0.3, -0.25) is 4.79 Å². The van der Waals surface area contributed by atoms with Crippen LogP contribution in [0.5, 0.6) is 0 Å². The molecule has 0 bridgehead atoms. The zero-order chi connectivity index (χ0) is 34.0. The van der Waals surface area contributed by atoms with Crippen molar-refractivity contribution in [2.45, 2.75) is 271 Å². The molecule has 2 nitrogen and oxygen atoms in total. The molecule has 0 aromatic carbocycles. The Morgan fingerprint density at radius 1 is 0.319 bits per heavy atom. The van der Waals surface area contributed by atoms with Gasteiger partial charge >= 0.3 is 5.97 Å². The molecule has 0 aromatic heterocycles. The average Bonchev–Trinajstić information content (AvgIpc) is 3.07. The zero-order valence-electron chi connectivity index (χ0n) is 32.8. The molecular formula is C44H89O2P. The van der Waals surface area contributed by atoms with E-state index in [-0.39, 0.29) is 5.97 Å². The Morgan fingerprint density at radius 2 is 0.489 bits per heavy atom. The maximum absolute atomic E-state index is 10.7. The van der Waals surface area contributed by atoms with Crippen LogP contribution in [0.3, 0.4) is 0 Å². The molecule has 1 atom stereocenters. The van der Waals surface area contributed by atoms with Crippen molar-refractivity contribution in [1.82, 2.24) is 0 Å². The van der Waals surface area contributed by atoms with Gasteiger partial charge in [0.25, 0.3) is 0 Å². The molecule has 0 aliphatic heterocycles. The van der Waals surface area contributed by atoms with Crippen LogP contribution in [0.15, 0.2) is 0 Å². The van der Waals surface area contributed by atoms with Gasteiger partial charge in [0.05, 0.1) is 8.81 Å². The molecule has 0 saturated carbocycles. The molecule has 0 amide bonds. The van der Waals surface area contributed by atoms with E-state index in [1.165, 1.54) is 264 Å². The zero-order valence-corrected chi connectivity index (χ0v) is 33.8. The Bertz CT molecular complexity index is 565. The van der Waals surface area contributed by atoms with E-state index in [9.17, 15) is 4.79 Å². The molecule has 0 N–H and O–H groups in total. The van der Waals surface area contributed by atoms with Crippen molar-refractivity contribution in [3.05, 3.63) is 0 Å². The molecule has 0 fully saturated rings. The van der Waals surface area contributed by atoms with Gasteiger partial charge in [0, 0.05) is 13.1 Å². The van der Waals surface area contributed by atoms with Gasteiger partial charge in [-0.1, -0.05) is 257 Å². The van der Waals surface area contributed by atoms with Crippen LogP contribution in [0.4, 0.5) is 0 Å². The lowest BCUT2D eigenvalue weighted by atomic mass is 10.0. The van der Waals surface area contributed by atoms with Crippen LogP contribution < -0.4 is 0 Å². The molecule has 0 saturated heterocycles. The molecule has 0 heterocycles. The van der Waals surface area contributed by atoms with E-state index in [1.54, 1.807) is 0 Å². The number of carbonyl (C=O) groups is 1. The summed E-state index contributed by atoms with van der Waals surface area (Å²) in [4.78, 5) is 10.7. The fraction of sp³-hybridized carbons (Fsp3) is 0.977. The topological polar surface area (TPSA) is 26.3 Å². The van der Waals surface area contributed by atoms with E-state index in [0.717, 1.165) is 6.16 Å². The molecule has 0 radical (unpaired) electrons. The molecule has 0 aliphatic rings. The van der Waals surface area contributed by atoms with Crippen molar-refractivity contribution in [3.8, 4) is 0 Å². The molecular weight excluding hydrogens is 591 g/mol. The van der Waals surface area contributed by atoms with Crippen LogP contribution in [0.25, 0.3) is 0 Å². The normalized spacial score (nSPS) is 11.7. The number of hydrogen-bond acceptors (Lipinski definition) is 2. The summed E-state index contributed by atoms with van der Waals surface area (Å²) in [6.07, 6.45) is 59.3. The van der Waals surface area contributed by atoms with Gasteiger partial charge in [0.15, 0.2) is 0 Å². The highest BCUT2D eigenvalue weighted by molar-refractivity contribution is 7.32. The summed E-state index contributed by atoms with van der Waals surface area (Å²) in [5.41, 5.74) is 0. The smallest absolute Gasteiger partial charge is 0.305 e. The quantitative estimate of drug-likeness (QED) is 0.0474. The van der Waals surface area contributed by atoms with Crippen LogP contribution in [-0.2, 0) is 9.32 Å². The van der Waals surface area contributed by atoms with Gasteiger partial charge in [-0.15, -0.1) is 0 Å². The Hall–Kier alpha value is -0.100. The highest BCUT2D eigenvalue weighted by Gasteiger charge is 1.98. The standard InChI is InChI=1S/C44H89O2P/c1-3-4-5-6-7-8-9-10-11-12-13-14-15-16-17-18-19-20-21-22-23-24-25-26-27-28-29-30-31-32-33-34-35-36-37-38-39-40-41-42-43-47-46-44(2)45/h47H,3-43H2,1-2H3. The van der Waals surface area contributed by atoms with Crippen LogP contribution >= 0.6 is 8.81 Å². The van der Waals surface area contributed by atoms with Crippen molar-refractivity contribution >= 4 is 14.8 Å². The predicted octanol–water partition coefficient (Wildman–Crippen LogP) is 16.8. The monoisotopic (exact) mass is 681 g/mol. The molecule has 3 heteroatoms. The first-order valence-electron chi connectivity index (χ1n) is 22.2. The molecule has 0 rings (SSSR count). The second-order valence-corrected chi connectivity index (χ2v) is 16.3. The Kier molecular flexibility index (Phi) is 43.8. The fourth-order valence-corrected chi connectivity index (χ4v) is 7.84. The lowest BCUT2D eigenvalue weighted by Crippen LogP contribution is -1.89. The van der Waals surface area contributed by atoms with Crippen LogP contribution in [-0.4, -0.2) is 12.1 Å². The summed E-state index contributed by atoms with van der Waals surface area (Å²) in [5, 5.41) is 0. The maximum Gasteiger partial charge on any atom is 0.305 e. The Balaban J connectivity index is 3.04. The minimum Gasteiger partial charge on any atom is -0.448 e. The SMILES string of the molecule is CCCCCCCCCCCCCCCCCCCCCCCCCCCCCCCCCCCCCCCCCCPOC(C)=O. The number of hydrogen-bond donors (Lipinski definition) is 0. The highest BCUT2D eigenvalue weighted by atomic mass is 31.1. The Morgan fingerprint density at radius 3 is 0.660 bits per heavy atom. The summed E-state index contributed by atoms with van der Waals surface area (Å²) < 4.78 is 5.01. The largest absolute Gasteiger partial charge is 0.448 e. The van der Waals surface area contributed by atoms with Gasteiger partial charge in [-0.25, -0.2) is 0 Å². The number of rotatable bonds is 42. The van der Waals surface area contributed by atoms with E-state index in [4.69, 9.17) is 4.52 Å². The van der Waals surface area contributed by atoms with Gasteiger partial charge in [0.2, 0.25) is 0 Å². The van der Waals surface area contributed by atoms with Gasteiger partial charge in [0.1, 0.15) is 0 Å². The summed E-state index contributed by atoms with van der Waals surface area (Å²) in [6, 6.07) is 0. The van der Waals surface area contributed by atoms with E-state index >= 15 is 0 Å². The first-order chi connectivity index (χ1) is 23.3. The van der Waals surface area contributed by atoms with Crippen molar-refractivity contribution < 1.29 is 9.32 Å². The second kappa shape index (κ2) is 43.9. The second-order valence-electron chi connectivity index (χ2n) is 15.3. The summed E-state index contributed by atoms with van der Waals surface area (Å²) >= 11 is 0. The molecule has 0 aliphatic carbocycles. The Labute approximate surface area is 300 Å². The third-order valence-corrected chi connectivity index (χ3v) is 11.3. The maximum atomic E-state index is 10.7. The third-order valence-electron chi connectivity index (χ3n) is 10.3. The lowest BCUT2D eigenvalue weighted by Gasteiger charge is -2.05. The fourth-order valence-electron chi connectivity index (χ4n) is 7.14. The predicted molar refractivity (Wildman–Crippen MR) is 215 cm³/mol. The van der Waals surface area contributed by atoms with Crippen molar-refractivity contribution in [3.63, 3.8) is 0 Å². The minimum absolute atomic E-state index is 0.134. The van der Waals surface area contributed by atoms with Crippen molar-refractivity contribution in [2.75, 3.05) is 6.16 Å². The van der Waals surface area contributed by atoms with Crippen LogP contribution in [0.2, 0.25) is 0 Å². The van der Waals surface area contributed by atoms with Crippen molar-refractivity contribution in [1.29, 1.82) is 0 Å². The molecule has 282 valence electrons. The van der Waals surface area contributed by atoms with E-state index < -0.39 is 0 Å². The molecule has 47 heavy (non-hydrogen) atoms. The van der Waals surface area contributed by atoms with Gasteiger partial charge < -0.3 is 4.52 Å². The summed E-state index contributed by atoms with van der Waals surface area (Å²) in [6.45, 7) is 3.81. The first kappa shape index (κ1) is 46.9. The van der Waals surface area contributed by atoms with Gasteiger partial charge in [-0.05, 0) is 6.42 Å². The van der Waals surface area contributed by atoms with E-state index in [2.05, 4.69) is 6.92 Å². The minimum atomic E-state index is -0.134. The van der Waals surface area contributed by atoms with E-state index in [1.807, 2.05) is 0 Å². The molecule has 0 spiro atoms. The summed E-state index contributed by atoms with van der Waals surface area (Å²) in [5.74, 6) is -0.134. The highest BCUT2D eigenvalue weighted by Crippen LogP contribution is 2.19. The number of carbonyl (C=O) groups excluding carboxylic acids is 1. The first-order valence-corrected chi connectivity index (χ1v) is 23.3. The van der Waals surface area contributed by atoms with Crippen LogP contribution in [0, 0.1) is 0 Å². The van der Waals surface area contributed by atoms with Gasteiger partial charge in [-0.2, -0.15) is 0 Å². The average molecular weight is 681 g/mol. The number of unbranched alkanes of at least 4 members (excludes halogenated alkanes) is 39. The molecule has 0 aromatic rings. The molecule has 1 unspecified atom stereocenters. The third kappa shape index (κ3) is 45.9. The van der Waals surface area contributed by atoms with Crippen LogP contribution in [0.1, 0.15) is 271 Å². The van der Waals surface area contributed by atoms with E-state index in [0.29, 0.717) is 8.81 Å². The lowest BCUT2D eigenvalue weighted by molar-refractivity contribution is -0.130. The van der Waals surface area contributed by atoms with Crippen molar-refractivity contribution in [2.24, 2.45) is 0 Å².